The smallest absolute Gasteiger partial charge is 0.236 e. The zero-order valence-electron chi connectivity index (χ0n) is 11.7. The van der Waals surface area contributed by atoms with Gasteiger partial charge in [-0.05, 0) is 33.1 Å². The Kier molecular flexibility index (Phi) is 5.89. The van der Waals surface area contributed by atoms with Gasteiger partial charge in [0.25, 0.3) is 0 Å². The van der Waals surface area contributed by atoms with Gasteiger partial charge in [-0.3, -0.25) is 9.69 Å². The van der Waals surface area contributed by atoms with Crippen LogP contribution in [0.5, 0.6) is 0 Å². The molecule has 5 heteroatoms. The van der Waals surface area contributed by atoms with Gasteiger partial charge in [-0.2, -0.15) is 0 Å². The second kappa shape index (κ2) is 6.73. The molecule has 18 heavy (non-hydrogen) atoms. The molecule has 0 saturated carbocycles. The number of nitrogens with one attached hydrogen (secondary N) is 1. The summed E-state index contributed by atoms with van der Waals surface area (Å²) in [7, 11) is 1.90. The van der Waals surface area contributed by atoms with Crippen LogP contribution in [0, 0.1) is 0 Å². The molecule has 0 aromatic heterocycles. The Hall–Kier alpha value is -0.320. The average Bonchev–Trinajstić information content (AvgIpc) is 2.61. The molecule has 0 spiro atoms. The van der Waals surface area contributed by atoms with Crippen molar-refractivity contribution in [3.8, 4) is 0 Å². The standard InChI is InChI=1S/C13H25N3O.ClH/c1-10(2)15(3)13(17)9-16-7-6-11-4-5-12(8-16)14-11;/h10-12,14H,4-9H2,1-3H3;1H. The first-order chi connectivity index (χ1) is 8.06. The van der Waals surface area contributed by atoms with Crippen molar-refractivity contribution in [2.45, 2.75) is 51.2 Å². The first-order valence-corrected chi connectivity index (χ1v) is 6.80. The van der Waals surface area contributed by atoms with Crippen LogP contribution in [-0.2, 0) is 4.79 Å². The monoisotopic (exact) mass is 275 g/mol. The van der Waals surface area contributed by atoms with E-state index >= 15 is 0 Å². The number of fused-ring (bicyclic) bond motifs is 2. The van der Waals surface area contributed by atoms with Crippen LogP contribution < -0.4 is 5.32 Å². The molecule has 2 aliphatic heterocycles. The first kappa shape index (κ1) is 15.7. The highest BCUT2D eigenvalue weighted by atomic mass is 35.5. The van der Waals surface area contributed by atoms with Crippen LogP contribution in [0.25, 0.3) is 0 Å². The summed E-state index contributed by atoms with van der Waals surface area (Å²) < 4.78 is 0. The number of hydrogen-bond donors (Lipinski definition) is 1. The number of amides is 1. The topological polar surface area (TPSA) is 35.6 Å². The van der Waals surface area contributed by atoms with Crippen molar-refractivity contribution in [1.82, 2.24) is 15.1 Å². The molecule has 2 fully saturated rings. The van der Waals surface area contributed by atoms with Gasteiger partial charge in [0, 0.05) is 38.3 Å². The van der Waals surface area contributed by atoms with E-state index in [4.69, 9.17) is 0 Å². The van der Waals surface area contributed by atoms with Gasteiger partial charge in [-0.15, -0.1) is 12.4 Å². The Morgan fingerprint density at radius 3 is 2.67 bits per heavy atom. The highest BCUT2D eigenvalue weighted by Crippen LogP contribution is 2.20. The second-order valence-corrected chi connectivity index (χ2v) is 5.76. The zero-order valence-corrected chi connectivity index (χ0v) is 12.5. The van der Waals surface area contributed by atoms with E-state index in [9.17, 15) is 4.79 Å². The molecule has 1 amide bonds. The number of halogens is 1. The minimum absolute atomic E-state index is 0. The average molecular weight is 276 g/mol. The van der Waals surface area contributed by atoms with E-state index in [1.54, 1.807) is 0 Å². The molecule has 1 N–H and O–H groups in total. The summed E-state index contributed by atoms with van der Waals surface area (Å²) in [6.45, 7) is 6.80. The minimum atomic E-state index is 0. The van der Waals surface area contributed by atoms with Gasteiger partial charge in [-0.25, -0.2) is 0 Å². The molecule has 106 valence electrons. The van der Waals surface area contributed by atoms with Crippen molar-refractivity contribution in [3.05, 3.63) is 0 Å². The molecule has 2 aliphatic rings. The van der Waals surface area contributed by atoms with Crippen LogP contribution >= 0.6 is 12.4 Å². The maximum absolute atomic E-state index is 12.0. The molecule has 2 bridgehead atoms. The SMILES string of the molecule is CC(C)N(C)C(=O)CN1CCC2CCC(C1)N2.Cl. The van der Waals surface area contributed by atoms with E-state index in [0.717, 1.165) is 13.1 Å². The molecular weight excluding hydrogens is 250 g/mol. The Balaban J connectivity index is 0.00000162. The van der Waals surface area contributed by atoms with Gasteiger partial charge in [0.15, 0.2) is 0 Å². The predicted octanol–water partition coefficient (Wildman–Crippen LogP) is 1.10. The number of nitrogens with zero attached hydrogens (tertiary/aromatic N) is 2. The first-order valence-electron chi connectivity index (χ1n) is 6.80. The van der Waals surface area contributed by atoms with Crippen LogP contribution in [-0.4, -0.2) is 60.5 Å². The third-order valence-corrected chi connectivity index (χ3v) is 4.13. The number of likely N-dealkylation sites (N-methyl/N-ethyl adjacent to an activating group) is 1. The Bertz CT molecular complexity index is 285. The summed E-state index contributed by atoms with van der Waals surface area (Å²) in [6, 6.07) is 1.60. The summed E-state index contributed by atoms with van der Waals surface area (Å²) in [5.41, 5.74) is 0. The second-order valence-electron chi connectivity index (χ2n) is 5.76. The number of likely N-dealkylation sites (tertiary alicyclic amines) is 1. The van der Waals surface area contributed by atoms with Crippen LogP contribution in [0.4, 0.5) is 0 Å². The fraction of sp³-hybridized carbons (Fsp3) is 0.923. The van der Waals surface area contributed by atoms with Crippen molar-refractivity contribution < 1.29 is 4.79 Å². The molecule has 2 saturated heterocycles. The van der Waals surface area contributed by atoms with Gasteiger partial charge in [-0.1, -0.05) is 0 Å². The van der Waals surface area contributed by atoms with Gasteiger partial charge < -0.3 is 10.2 Å². The summed E-state index contributed by atoms with van der Waals surface area (Å²) >= 11 is 0. The van der Waals surface area contributed by atoms with E-state index < -0.39 is 0 Å². The highest BCUT2D eigenvalue weighted by molar-refractivity contribution is 5.85. The van der Waals surface area contributed by atoms with Gasteiger partial charge in [0.2, 0.25) is 5.91 Å². The fourth-order valence-corrected chi connectivity index (χ4v) is 2.75. The minimum Gasteiger partial charge on any atom is -0.342 e. The summed E-state index contributed by atoms with van der Waals surface area (Å²) in [5.74, 6) is 0.248. The lowest BCUT2D eigenvalue weighted by molar-refractivity contribution is -0.132. The third-order valence-electron chi connectivity index (χ3n) is 4.13. The molecule has 2 rings (SSSR count). The lowest BCUT2D eigenvalue weighted by Gasteiger charge is -2.28. The Morgan fingerprint density at radius 2 is 2.00 bits per heavy atom. The van der Waals surface area contributed by atoms with E-state index in [1.807, 2.05) is 11.9 Å². The lowest BCUT2D eigenvalue weighted by Crippen LogP contribution is -2.44. The van der Waals surface area contributed by atoms with Gasteiger partial charge in [0.1, 0.15) is 0 Å². The fourth-order valence-electron chi connectivity index (χ4n) is 2.75. The predicted molar refractivity (Wildman–Crippen MR) is 76.2 cm³/mol. The van der Waals surface area contributed by atoms with Crippen molar-refractivity contribution >= 4 is 18.3 Å². The van der Waals surface area contributed by atoms with Crippen LogP contribution in [0.2, 0.25) is 0 Å². The van der Waals surface area contributed by atoms with E-state index in [0.29, 0.717) is 24.7 Å². The molecule has 0 aromatic carbocycles. The number of carbonyl (C=O) groups is 1. The summed E-state index contributed by atoms with van der Waals surface area (Å²) in [4.78, 5) is 16.2. The molecule has 0 radical (unpaired) electrons. The molecule has 0 aliphatic carbocycles. The summed E-state index contributed by atoms with van der Waals surface area (Å²) in [5, 5.41) is 3.64. The molecular formula is C13H26ClN3O. The van der Waals surface area contributed by atoms with E-state index in [2.05, 4.69) is 24.1 Å². The Labute approximate surface area is 116 Å². The third kappa shape index (κ3) is 3.84. The van der Waals surface area contributed by atoms with E-state index in [-0.39, 0.29) is 18.3 Å². The Morgan fingerprint density at radius 1 is 1.33 bits per heavy atom. The van der Waals surface area contributed by atoms with Gasteiger partial charge in [0.05, 0.1) is 6.54 Å². The normalized spacial score (nSPS) is 27.8. The van der Waals surface area contributed by atoms with Gasteiger partial charge >= 0.3 is 0 Å². The quantitative estimate of drug-likeness (QED) is 0.838. The maximum Gasteiger partial charge on any atom is 0.236 e. The number of hydrogen-bond acceptors (Lipinski definition) is 3. The van der Waals surface area contributed by atoms with Crippen LogP contribution in [0.1, 0.15) is 33.1 Å². The van der Waals surface area contributed by atoms with Crippen LogP contribution in [0.15, 0.2) is 0 Å². The highest BCUT2D eigenvalue weighted by Gasteiger charge is 2.30. The molecule has 2 atom stereocenters. The van der Waals surface area contributed by atoms with Crippen molar-refractivity contribution in [2.75, 3.05) is 26.7 Å². The van der Waals surface area contributed by atoms with Crippen molar-refractivity contribution in [3.63, 3.8) is 0 Å². The maximum atomic E-state index is 12.0. The lowest BCUT2D eigenvalue weighted by atomic mass is 10.1. The van der Waals surface area contributed by atoms with Crippen molar-refractivity contribution in [2.24, 2.45) is 0 Å². The number of rotatable bonds is 3. The molecule has 4 nitrogen and oxygen atoms in total. The molecule has 2 heterocycles. The zero-order chi connectivity index (χ0) is 12.4. The molecule has 2 unspecified atom stereocenters. The molecule has 0 aromatic rings. The van der Waals surface area contributed by atoms with Crippen molar-refractivity contribution in [1.29, 1.82) is 0 Å². The van der Waals surface area contributed by atoms with Crippen LogP contribution in [0.3, 0.4) is 0 Å². The summed E-state index contributed by atoms with van der Waals surface area (Å²) in [6.07, 6.45) is 3.78. The number of carbonyl (C=O) groups excluding carboxylic acids is 1. The largest absolute Gasteiger partial charge is 0.342 e. The van der Waals surface area contributed by atoms with E-state index in [1.165, 1.54) is 19.3 Å².